The number of ketones is 2. The van der Waals surface area contributed by atoms with Gasteiger partial charge < -0.3 is 19.7 Å². The first-order valence-electron chi connectivity index (χ1n) is 7.69. The normalized spacial score (nSPS) is 15.5. The summed E-state index contributed by atoms with van der Waals surface area (Å²) >= 11 is 0. The highest BCUT2D eigenvalue weighted by Crippen LogP contribution is 2.33. The van der Waals surface area contributed by atoms with Crippen LogP contribution >= 0.6 is 0 Å². The maximum atomic E-state index is 12.2. The average Bonchev–Trinajstić information content (AvgIpc) is 2.56. The fourth-order valence-electron chi connectivity index (χ4n) is 2.93. The summed E-state index contributed by atoms with van der Waals surface area (Å²) in [6, 6.07) is 5.41. The van der Waals surface area contributed by atoms with Crippen LogP contribution in [0.25, 0.3) is 0 Å². The molecule has 0 spiro atoms. The molecule has 0 aliphatic heterocycles. The predicted molar refractivity (Wildman–Crippen MR) is 90.2 cm³/mol. The van der Waals surface area contributed by atoms with Gasteiger partial charge in [0.2, 0.25) is 0 Å². The highest BCUT2D eigenvalue weighted by molar-refractivity contribution is 6.10. The molecule has 2 unspecified atom stereocenters. The molecule has 0 amide bonds. The van der Waals surface area contributed by atoms with Crippen molar-refractivity contribution in [3.8, 4) is 0 Å². The number of ether oxygens (including phenoxy) is 2. The molecule has 0 radical (unpaired) electrons. The molecule has 1 rings (SSSR count). The van der Waals surface area contributed by atoms with E-state index in [0.29, 0.717) is 0 Å². The standard InChI is InChI=1S/C18H22O8/c1-11(19)17(9-25-3,15(21)22)13-6-5-7-14(8-13)18(10-26-4,12(2)20)16(23)24/h5-8H,9-10H2,1-4H3,(H,21,22)(H,23,24). The zero-order valence-corrected chi connectivity index (χ0v) is 15.1. The van der Waals surface area contributed by atoms with Crippen LogP contribution in [0.2, 0.25) is 0 Å². The molecule has 0 bridgehead atoms. The Morgan fingerprint density at radius 3 is 1.42 bits per heavy atom. The van der Waals surface area contributed by atoms with E-state index in [1.165, 1.54) is 38.5 Å². The fourth-order valence-corrected chi connectivity index (χ4v) is 2.93. The Hall–Kier alpha value is -2.58. The largest absolute Gasteiger partial charge is 0.480 e. The summed E-state index contributed by atoms with van der Waals surface area (Å²) in [6.45, 7) is 1.35. The Bertz CT molecular complexity index is 636. The van der Waals surface area contributed by atoms with Crippen LogP contribution in [0.4, 0.5) is 0 Å². The smallest absolute Gasteiger partial charge is 0.324 e. The lowest BCUT2D eigenvalue weighted by atomic mass is 9.73. The van der Waals surface area contributed by atoms with Crippen LogP contribution < -0.4 is 0 Å². The summed E-state index contributed by atoms with van der Waals surface area (Å²) in [5.41, 5.74) is -3.97. The molecule has 1 aromatic rings. The molecule has 0 heterocycles. The molecule has 0 saturated heterocycles. The molecule has 0 aromatic heterocycles. The Morgan fingerprint density at radius 2 is 1.19 bits per heavy atom. The van der Waals surface area contributed by atoms with Crippen LogP contribution in [-0.2, 0) is 39.5 Å². The molecular formula is C18H22O8. The lowest BCUT2D eigenvalue weighted by Gasteiger charge is -2.30. The lowest BCUT2D eigenvalue weighted by molar-refractivity contribution is -0.152. The monoisotopic (exact) mass is 366 g/mol. The maximum absolute atomic E-state index is 12.2. The van der Waals surface area contributed by atoms with E-state index in [-0.39, 0.29) is 11.1 Å². The number of benzene rings is 1. The molecule has 0 saturated carbocycles. The number of carbonyl (C=O) groups is 4. The third kappa shape index (κ3) is 3.38. The maximum Gasteiger partial charge on any atom is 0.324 e. The van der Waals surface area contributed by atoms with Crippen LogP contribution in [0.15, 0.2) is 24.3 Å². The van der Waals surface area contributed by atoms with Gasteiger partial charge in [0, 0.05) is 14.2 Å². The van der Waals surface area contributed by atoms with Crippen molar-refractivity contribution in [2.24, 2.45) is 0 Å². The number of carbonyl (C=O) groups excluding carboxylic acids is 2. The molecule has 8 nitrogen and oxygen atoms in total. The van der Waals surface area contributed by atoms with Gasteiger partial charge in [-0.05, 0) is 25.0 Å². The zero-order valence-electron chi connectivity index (χ0n) is 15.1. The van der Waals surface area contributed by atoms with Crippen molar-refractivity contribution >= 4 is 23.5 Å². The summed E-state index contributed by atoms with van der Waals surface area (Å²) < 4.78 is 9.89. The highest BCUT2D eigenvalue weighted by Gasteiger charge is 2.49. The number of carboxylic acids is 2. The predicted octanol–water partition coefficient (Wildman–Crippen LogP) is 0.802. The summed E-state index contributed by atoms with van der Waals surface area (Å²) in [6.07, 6.45) is 0. The van der Waals surface area contributed by atoms with E-state index in [4.69, 9.17) is 9.47 Å². The quantitative estimate of drug-likeness (QED) is 0.582. The molecule has 0 aliphatic rings. The van der Waals surface area contributed by atoms with Crippen LogP contribution in [0.5, 0.6) is 0 Å². The molecule has 2 atom stereocenters. The van der Waals surface area contributed by atoms with Gasteiger partial charge in [-0.1, -0.05) is 24.3 Å². The van der Waals surface area contributed by atoms with Crippen molar-refractivity contribution in [3.05, 3.63) is 35.4 Å². The van der Waals surface area contributed by atoms with E-state index >= 15 is 0 Å². The second kappa shape index (κ2) is 8.20. The molecular weight excluding hydrogens is 344 g/mol. The van der Waals surface area contributed by atoms with E-state index < -0.39 is 47.5 Å². The first-order chi connectivity index (χ1) is 12.1. The molecule has 2 N–H and O–H groups in total. The second-order valence-corrected chi connectivity index (χ2v) is 5.98. The van der Waals surface area contributed by atoms with E-state index in [2.05, 4.69) is 0 Å². The van der Waals surface area contributed by atoms with Gasteiger partial charge in [0.15, 0.2) is 22.4 Å². The van der Waals surface area contributed by atoms with Crippen LogP contribution in [0, 0.1) is 0 Å². The third-order valence-corrected chi connectivity index (χ3v) is 4.50. The van der Waals surface area contributed by atoms with Gasteiger partial charge >= 0.3 is 11.9 Å². The SMILES string of the molecule is COCC(C(C)=O)(C(=O)O)c1cccc(C(COC)(C(C)=O)C(=O)O)c1. The molecule has 0 fully saturated rings. The highest BCUT2D eigenvalue weighted by atomic mass is 16.5. The fraction of sp³-hybridized carbons (Fsp3) is 0.444. The van der Waals surface area contributed by atoms with E-state index in [0.717, 1.165) is 13.8 Å². The topological polar surface area (TPSA) is 127 Å². The lowest BCUT2D eigenvalue weighted by Crippen LogP contribution is -2.48. The molecule has 0 aliphatic carbocycles. The van der Waals surface area contributed by atoms with Crippen molar-refractivity contribution in [1.82, 2.24) is 0 Å². The number of hydrogen-bond acceptors (Lipinski definition) is 6. The number of aliphatic carboxylic acids is 2. The second-order valence-electron chi connectivity index (χ2n) is 5.98. The van der Waals surface area contributed by atoms with Crippen LogP contribution in [0.3, 0.4) is 0 Å². The van der Waals surface area contributed by atoms with Crippen molar-refractivity contribution < 1.29 is 38.9 Å². The minimum absolute atomic E-state index is 0.0276. The minimum Gasteiger partial charge on any atom is -0.480 e. The Kier molecular flexibility index (Phi) is 6.77. The van der Waals surface area contributed by atoms with Gasteiger partial charge in [0.1, 0.15) is 0 Å². The first kappa shape index (κ1) is 21.5. The summed E-state index contributed by atoms with van der Waals surface area (Å²) in [5.74, 6) is -4.22. The minimum atomic E-state index is -2.02. The van der Waals surface area contributed by atoms with Crippen molar-refractivity contribution in [1.29, 1.82) is 0 Å². The van der Waals surface area contributed by atoms with E-state index in [1.54, 1.807) is 0 Å². The molecule has 142 valence electrons. The average molecular weight is 366 g/mol. The Balaban J connectivity index is 3.76. The summed E-state index contributed by atoms with van der Waals surface area (Å²) in [5, 5.41) is 19.4. The number of hydrogen-bond donors (Lipinski definition) is 2. The Labute approximate surface area is 150 Å². The van der Waals surface area contributed by atoms with Gasteiger partial charge in [0.25, 0.3) is 0 Å². The summed E-state index contributed by atoms with van der Waals surface area (Å²) in [4.78, 5) is 48.2. The van der Waals surface area contributed by atoms with E-state index in [1.807, 2.05) is 0 Å². The van der Waals surface area contributed by atoms with Crippen molar-refractivity contribution in [3.63, 3.8) is 0 Å². The number of methoxy groups -OCH3 is 2. The number of rotatable bonds is 10. The van der Waals surface area contributed by atoms with Gasteiger partial charge in [-0.25, -0.2) is 0 Å². The third-order valence-electron chi connectivity index (χ3n) is 4.50. The number of Topliss-reactive ketones (excluding diaryl/α,β-unsaturated/α-hetero) is 2. The molecule has 26 heavy (non-hydrogen) atoms. The van der Waals surface area contributed by atoms with E-state index in [9.17, 15) is 29.4 Å². The summed E-state index contributed by atoms with van der Waals surface area (Å²) in [7, 11) is 2.51. The van der Waals surface area contributed by atoms with Gasteiger partial charge in [0.05, 0.1) is 13.2 Å². The molecule has 1 aromatic carbocycles. The van der Waals surface area contributed by atoms with Gasteiger partial charge in [-0.15, -0.1) is 0 Å². The van der Waals surface area contributed by atoms with Crippen molar-refractivity contribution in [2.45, 2.75) is 24.7 Å². The first-order valence-corrected chi connectivity index (χ1v) is 7.69. The number of carboxylic acid groups (broad SMARTS) is 2. The Morgan fingerprint density at radius 1 is 0.846 bits per heavy atom. The van der Waals surface area contributed by atoms with Crippen LogP contribution in [0.1, 0.15) is 25.0 Å². The van der Waals surface area contributed by atoms with Crippen LogP contribution in [-0.4, -0.2) is 61.2 Å². The van der Waals surface area contributed by atoms with Gasteiger partial charge in [-0.3, -0.25) is 19.2 Å². The van der Waals surface area contributed by atoms with Crippen molar-refractivity contribution in [2.75, 3.05) is 27.4 Å². The zero-order chi connectivity index (χ0) is 20.1. The van der Waals surface area contributed by atoms with Gasteiger partial charge in [-0.2, -0.15) is 0 Å². The molecule has 8 heteroatoms.